The molecule has 34 heavy (non-hydrogen) atoms. The van der Waals surface area contributed by atoms with Crippen LogP contribution >= 0.6 is 11.6 Å². The fourth-order valence-corrected chi connectivity index (χ4v) is 2.51. The molecule has 0 saturated carbocycles. The Bertz CT molecular complexity index is 796. The fourth-order valence-electron chi connectivity index (χ4n) is 2.21. The molecule has 0 radical (unpaired) electrons. The molecule has 0 bridgehead atoms. The average Bonchev–Trinajstić information content (AvgIpc) is 2.84. The molecule has 194 valence electrons. The normalized spacial score (nSPS) is 8.85. The monoisotopic (exact) mass is 502 g/mol. The first-order valence-corrected chi connectivity index (χ1v) is 11.9. The van der Waals surface area contributed by atoms with Crippen molar-refractivity contribution in [3.8, 4) is 5.75 Å². The zero-order valence-electron chi connectivity index (χ0n) is 22.0. The van der Waals surface area contributed by atoms with E-state index in [2.05, 4.69) is 9.47 Å². The number of aldehydes is 1. The molecular formula is C27H41ClF2O4. The number of halogens is 3. The number of hydrogen-bond acceptors (Lipinski definition) is 4. The van der Waals surface area contributed by atoms with Gasteiger partial charge in [-0.05, 0) is 61.2 Å². The van der Waals surface area contributed by atoms with Crippen molar-refractivity contribution in [2.75, 3.05) is 7.11 Å². The molecule has 2 aromatic carbocycles. The van der Waals surface area contributed by atoms with Gasteiger partial charge in [0.1, 0.15) is 12.0 Å². The summed E-state index contributed by atoms with van der Waals surface area (Å²) in [6.45, 7) is 13.0. The van der Waals surface area contributed by atoms with E-state index in [1.807, 2.05) is 61.5 Å². The Labute approximate surface area is 209 Å². The summed E-state index contributed by atoms with van der Waals surface area (Å²) in [5, 5.41) is 0.440. The summed E-state index contributed by atoms with van der Waals surface area (Å²) in [5.41, 5.74) is 3.55. The smallest absolute Gasteiger partial charge is 0.387 e. The van der Waals surface area contributed by atoms with Gasteiger partial charge in [0, 0.05) is 6.42 Å². The standard InChI is InChI=1S/C10H11ClO2.C10H12F2O.C3H6O.2C2H6/c1-6-4-8(10(12)13-3)9(11)5-7(6)2;1-2-4-8-5-3-6-9(7-8)13-10(11)12;1-2-3-4;2*1-2/h4-5H,1-3H3;3,5-7,10H,2,4H2,1H3;3H,2H2,1H3;2*1-2H3. The number of carbonyl (C=O) groups excluding carboxylic acids is 2. The molecule has 0 spiro atoms. The van der Waals surface area contributed by atoms with Crippen molar-refractivity contribution in [3.05, 3.63) is 63.7 Å². The van der Waals surface area contributed by atoms with Gasteiger partial charge in [0.05, 0.1) is 17.7 Å². The first-order valence-electron chi connectivity index (χ1n) is 11.5. The molecule has 0 aliphatic carbocycles. The molecule has 2 rings (SSSR count). The molecule has 0 N–H and O–H groups in total. The van der Waals surface area contributed by atoms with E-state index in [1.165, 1.54) is 13.2 Å². The molecular weight excluding hydrogens is 462 g/mol. The molecule has 0 aromatic heterocycles. The van der Waals surface area contributed by atoms with Crippen molar-refractivity contribution in [1.29, 1.82) is 0 Å². The Morgan fingerprint density at radius 3 is 2.00 bits per heavy atom. The van der Waals surface area contributed by atoms with Gasteiger partial charge < -0.3 is 14.3 Å². The lowest BCUT2D eigenvalue weighted by atomic mass is 10.1. The SMILES string of the molecule is CC.CC.CCC=O.CCCc1cccc(OC(F)F)c1.COC(=O)c1cc(C)c(C)cc1Cl. The van der Waals surface area contributed by atoms with Crippen LogP contribution in [0.25, 0.3) is 0 Å². The van der Waals surface area contributed by atoms with Crippen molar-refractivity contribution in [2.24, 2.45) is 0 Å². The Kier molecular flexibility index (Phi) is 25.1. The number of hydrogen-bond donors (Lipinski definition) is 0. The highest BCUT2D eigenvalue weighted by Crippen LogP contribution is 2.21. The van der Waals surface area contributed by atoms with Gasteiger partial charge in [-0.3, -0.25) is 0 Å². The van der Waals surface area contributed by atoms with Gasteiger partial charge in [-0.25, -0.2) is 4.79 Å². The minimum absolute atomic E-state index is 0.237. The highest BCUT2D eigenvalue weighted by molar-refractivity contribution is 6.33. The summed E-state index contributed by atoms with van der Waals surface area (Å²) >= 11 is 5.87. The third-order valence-electron chi connectivity index (χ3n) is 3.82. The summed E-state index contributed by atoms with van der Waals surface area (Å²) in [5.74, 6) is -0.158. The zero-order chi connectivity index (χ0) is 27.1. The van der Waals surface area contributed by atoms with E-state index in [0.29, 0.717) is 17.0 Å². The summed E-state index contributed by atoms with van der Waals surface area (Å²) in [7, 11) is 1.34. The summed E-state index contributed by atoms with van der Waals surface area (Å²) in [4.78, 5) is 20.4. The highest BCUT2D eigenvalue weighted by atomic mass is 35.5. The number of alkyl halides is 2. The van der Waals surface area contributed by atoms with Crippen LogP contribution in [0.15, 0.2) is 36.4 Å². The van der Waals surface area contributed by atoms with Crippen molar-refractivity contribution in [1.82, 2.24) is 0 Å². The number of esters is 1. The Morgan fingerprint density at radius 1 is 1.03 bits per heavy atom. The molecule has 0 aliphatic rings. The van der Waals surface area contributed by atoms with Crippen molar-refractivity contribution in [3.63, 3.8) is 0 Å². The van der Waals surface area contributed by atoms with Crippen LogP contribution in [0.3, 0.4) is 0 Å². The van der Waals surface area contributed by atoms with E-state index in [9.17, 15) is 18.4 Å². The molecule has 0 atom stereocenters. The van der Waals surface area contributed by atoms with Crippen molar-refractivity contribution < 1.29 is 27.8 Å². The van der Waals surface area contributed by atoms with Crippen LogP contribution in [0, 0.1) is 13.8 Å². The second-order valence-corrected chi connectivity index (χ2v) is 6.67. The van der Waals surface area contributed by atoms with Crippen LogP contribution in [0.4, 0.5) is 8.78 Å². The number of rotatable bonds is 6. The Balaban J connectivity index is -0.000000434. The molecule has 0 aliphatic heterocycles. The van der Waals surface area contributed by atoms with E-state index in [0.717, 1.165) is 35.8 Å². The lowest BCUT2D eigenvalue weighted by Crippen LogP contribution is -2.03. The van der Waals surface area contributed by atoms with Crippen LogP contribution in [0.2, 0.25) is 5.02 Å². The summed E-state index contributed by atoms with van der Waals surface area (Å²) in [6, 6.07) is 10.3. The van der Waals surface area contributed by atoms with E-state index in [1.54, 1.807) is 24.3 Å². The maximum Gasteiger partial charge on any atom is 0.387 e. The average molecular weight is 503 g/mol. The van der Waals surface area contributed by atoms with Gasteiger partial charge in [-0.15, -0.1) is 0 Å². The first-order chi connectivity index (χ1) is 16.2. The van der Waals surface area contributed by atoms with E-state index in [4.69, 9.17) is 11.6 Å². The van der Waals surface area contributed by atoms with Gasteiger partial charge in [-0.1, -0.05) is 71.7 Å². The summed E-state index contributed by atoms with van der Waals surface area (Å²) in [6.07, 6.45) is 3.40. The fraction of sp³-hybridized carbons (Fsp3) is 0.481. The van der Waals surface area contributed by atoms with Gasteiger partial charge in [0.15, 0.2) is 0 Å². The Hall–Kier alpha value is -2.47. The minimum Gasteiger partial charge on any atom is -0.465 e. The molecule has 0 heterocycles. The molecule has 0 fully saturated rings. The molecule has 2 aromatic rings. The second kappa shape index (κ2) is 23.7. The predicted molar refractivity (Wildman–Crippen MR) is 138 cm³/mol. The molecule has 0 unspecified atom stereocenters. The molecule has 0 saturated heterocycles. The van der Waals surface area contributed by atoms with Gasteiger partial charge in [-0.2, -0.15) is 8.78 Å². The third-order valence-corrected chi connectivity index (χ3v) is 4.13. The highest BCUT2D eigenvalue weighted by Gasteiger charge is 2.11. The topological polar surface area (TPSA) is 52.6 Å². The van der Waals surface area contributed by atoms with Gasteiger partial charge >= 0.3 is 12.6 Å². The van der Waals surface area contributed by atoms with Crippen molar-refractivity contribution >= 4 is 23.9 Å². The first kappa shape index (κ1) is 36.1. The van der Waals surface area contributed by atoms with Crippen LogP contribution < -0.4 is 4.74 Å². The van der Waals surface area contributed by atoms with Crippen LogP contribution in [0.5, 0.6) is 5.75 Å². The summed E-state index contributed by atoms with van der Waals surface area (Å²) < 4.78 is 32.5. The predicted octanol–water partition coefficient (Wildman–Crippen LogP) is 8.63. The van der Waals surface area contributed by atoms with Gasteiger partial charge in [0.2, 0.25) is 0 Å². The number of benzene rings is 2. The Morgan fingerprint density at radius 2 is 1.56 bits per heavy atom. The zero-order valence-corrected chi connectivity index (χ0v) is 22.8. The van der Waals surface area contributed by atoms with Gasteiger partial charge in [0.25, 0.3) is 0 Å². The number of carbonyl (C=O) groups is 2. The van der Waals surface area contributed by atoms with E-state index < -0.39 is 12.6 Å². The van der Waals surface area contributed by atoms with Crippen molar-refractivity contribution in [2.45, 2.75) is 81.3 Å². The number of ether oxygens (including phenoxy) is 2. The largest absolute Gasteiger partial charge is 0.465 e. The number of methoxy groups -OCH3 is 1. The molecule has 4 nitrogen and oxygen atoms in total. The van der Waals surface area contributed by atoms with Crippen LogP contribution in [-0.4, -0.2) is 26.0 Å². The molecule has 0 amide bonds. The number of aryl methyl sites for hydroxylation is 3. The third kappa shape index (κ3) is 17.1. The second-order valence-electron chi connectivity index (χ2n) is 6.26. The van der Waals surface area contributed by atoms with E-state index in [-0.39, 0.29) is 5.75 Å². The lowest BCUT2D eigenvalue weighted by Gasteiger charge is -2.05. The van der Waals surface area contributed by atoms with Crippen LogP contribution in [0.1, 0.15) is 81.4 Å². The molecule has 7 heteroatoms. The quantitative estimate of drug-likeness (QED) is 0.293. The maximum absolute atomic E-state index is 11.8. The minimum atomic E-state index is -2.74. The lowest BCUT2D eigenvalue weighted by molar-refractivity contribution is -0.107. The van der Waals surface area contributed by atoms with E-state index >= 15 is 0 Å². The van der Waals surface area contributed by atoms with Crippen LogP contribution in [-0.2, 0) is 16.0 Å². The maximum atomic E-state index is 11.8.